The maximum Gasteiger partial charge on any atom is 0.229 e. The first-order chi connectivity index (χ1) is 66.0. The van der Waals surface area contributed by atoms with Gasteiger partial charge in [-0.1, -0.05) is 224 Å². The van der Waals surface area contributed by atoms with Gasteiger partial charge in [-0.15, -0.1) is 0 Å². The van der Waals surface area contributed by atoms with Gasteiger partial charge in [0.05, 0.1) is 45.8 Å². The minimum atomic E-state index is -0.762. The molecule has 1 amide bonds. The van der Waals surface area contributed by atoms with E-state index >= 15 is 0 Å². The van der Waals surface area contributed by atoms with Crippen LogP contribution < -0.4 is 53.2 Å². The molecule has 0 aromatic heterocycles. The zero-order chi connectivity index (χ0) is 92.6. The van der Waals surface area contributed by atoms with E-state index in [1.807, 2.05) is 60.7 Å². The van der Waals surface area contributed by atoms with Crippen molar-refractivity contribution >= 4 is 45.9 Å². The van der Waals surface area contributed by atoms with Gasteiger partial charge < -0.3 is 63.4 Å². The molecular weight excluding hydrogens is 1690 g/mol. The molecule has 7 aliphatic carbocycles. The van der Waals surface area contributed by atoms with Crippen LogP contribution >= 0.6 is 0 Å². The number of hydrogen-bond acceptors (Lipinski definition) is 17. The van der Waals surface area contributed by atoms with Crippen LogP contribution in [-0.4, -0.2) is 173 Å². The topological polar surface area (TPSA) is 263 Å². The van der Waals surface area contributed by atoms with E-state index in [4.69, 9.17) is 0 Å². The molecule has 27 rings (SSSR count). The van der Waals surface area contributed by atoms with E-state index in [0.29, 0.717) is 40.8 Å². The van der Waals surface area contributed by atoms with Crippen LogP contribution in [0.15, 0.2) is 229 Å². The second kappa shape index (κ2) is 41.3. The molecule has 708 valence electrons. The highest BCUT2D eigenvalue weighted by Crippen LogP contribution is 2.53. The molecule has 0 radical (unpaired) electrons. The van der Waals surface area contributed by atoms with Crippen LogP contribution in [-0.2, 0) is 99.7 Å². The predicted molar refractivity (Wildman–Crippen MR) is 539 cm³/mol. The fourth-order valence-electron chi connectivity index (χ4n) is 27.2. The largest absolute Gasteiger partial charge is 0.392 e. The Hall–Kier alpha value is -9.42. The molecule has 18 nitrogen and oxygen atoms in total. The molecule has 3 atom stereocenters. The normalized spacial score (nSPS) is 24.6. The summed E-state index contributed by atoms with van der Waals surface area (Å²) in [6.45, 7) is 18.7. The number of Topliss-reactive ketones (excluding diaryl/α,β-unsaturated/α-hetero) is 4. The Kier molecular flexibility index (Phi) is 28.9. The van der Waals surface area contributed by atoms with Crippen LogP contribution in [0.5, 0.6) is 0 Å². The number of benzene rings is 9. The highest BCUT2D eigenvalue weighted by Gasteiger charge is 2.54. The van der Waals surface area contributed by atoms with Gasteiger partial charge in [0.15, 0.2) is 5.78 Å². The molecule has 9 aromatic rings. The summed E-state index contributed by atoms with van der Waals surface area (Å²) in [5.74, 6) is 1.29. The number of aliphatic hydroxyl groups excluding tert-OH is 2. The smallest absolute Gasteiger partial charge is 0.229 e. The summed E-state index contributed by atoms with van der Waals surface area (Å²) in [4.78, 5) is 61.0. The molecule has 12 N–H and O–H groups in total. The monoisotopic (exact) mass is 1830 g/mol. The third kappa shape index (κ3) is 18.8. The number of amides is 1. The summed E-state index contributed by atoms with van der Waals surface area (Å²) in [7, 11) is -0.762. The van der Waals surface area contributed by atoms with E-state index in [-0.39, 0.29) is 62.3 Å². The van der Waals surface area contributed by atoms with Crippen molar-refractivity contribution in [2.24, 2.45) is 0 Å². The first-order valence-electron chi connectivity index (χ1n) is 51.1. The van der Waals surface area contributed by atoms with E-state index in [1.165, 1.54) is 126 Å². The van der Waals surface area contributed by atoms with Gasteiger partial charge in [-0.3, -0.25) is 28.2 Å². The summed E-state index contributed by atoms with van der Waals surface area (Å²) in [6.07, 6.45) is 30.2. The Morgan fingerprint density at radius 3 is 1.39 bits per heavy atom. The maximum atomic E-state index is 12.2. The lowest BCUT2D eigenvalue weighted by molar-refractivity contribution is -0.124. The second-order valence-corrected chi connectivity index (χ2v) is 43.1. The number of carbonyl (C=O) groups excluding carboxylic acids is 5. The van der Waals surface area contributed by atoms with E-state index in [2.05, 4.69) is 217 Å². The molecule has 3 unspecified atom stereocenters. The molecule has 11 heterocycles. The highest BCUT2D eigenvalue weighted by molar-refractivity contribution is 7.85. The average molecular weight is 1830 g/mol. The van der Waals surface area contributed by atoms with Crippen molar-refractivity contribution in [1.82, 2.24) is 53.2 Å². The first kappa shape index (κ1) is 94.5. The summed E-state index contributed by atoms with van der Waals surface area (Å²) in [5.41, 5.74) is 22.7. The lowest BCUT2D eigenvalue weighted by Crippen LogP contribution is -2.55. The van der Waals surface area contributed by atoms with Gasteiger partial charge in [-0.05, 0) is 354 Å². The lowest BCUT2D eigenvalue weighted by atomic mass is 9.73. The molecule has 11 aliphatic heterocycles. The van der Waals surface area contributed by atoms with Crippen molar-refractivity contribution in [3.63, 3.8) is 0 Å². The highest BCUT2D eigenvalue weighted by atomic mass is 32.2. The number of ketones is 4. The standard InChI is InChI=1S/C13H16N2O.C13H13NO2.C13H17NO.C13H15NO.C13H17NO.C13H15NO.C13H17N.C13H15N.C12H15NOS/c16-12-9-10-3-1-2-4-11(10)13(15-12)5-7-14-8-6-13;15-11-9-3-1-2-4-10(9)13(12(11)16)5-7-14-8-6-13;2*15-12-9-13(5-7-14-8-6-13)11-4-2-1-3-10(11)12;2*15-12-9-10-3-1-2-4-11(10)13(12)5-7-14-8-6-13;2*1-2-4-12-11(3-1)5-6-13(12)7-9-14-10-8-13;14-15-9-12(5-7-13-8-6-12)10-3-1-2-4-11(10)15/h1-4,14H,5-9H2,(H,15,16);1-4,14H,5-8H2;1-4,12,14-15H,5-9H2;1-4,14H,5-9H2;1-4,12,14-15H,5-9H2;1-4,14H,5-9H2;1-4,14H,5-10H2;1-6,14H,7-10H2;1-4,13H,5-9H2. The zero-order valence-corrected chi connectivity index (χ0v) is 79.8. The third-order valence-corrected chi connectivity index (χ3v) is 36.3. The number of rotatable bonds is 0. The Morgan fingerprint density at radius 2 is 0.770 bits per heavy atom. The number of aryl methyl sites for hydroxylation is 1. The van der Waals surface area contributed by atoms with E-state index in [1.54, 1.807) is 22.8 Å². The van der Waals surface area contributed by atoms with Gasteiger partial charge in [0.1, 0.15) is 5.78 Å². The van der Waals surface area contributed by atoms with Gasteiger partial charge in [-0.2, -0.15) is 0 Å². The summed E-state index contributed by atoms with van der Waals surface area (Å²) in [6, 6.07) is 75.3. The molecule has 19 heteroatoms. The van der Waals surface area contributed by atoms with Crippen LogP contribution in [0.1, 0.15) is 245 Å². The van der Waals surface area contributed by atoms with Crippen molar-refractivity contribution < 1.29 is 38.4 Å². The molecule has 9 aromatic carbocycles. The predicted octanol–water partition coefficient (Wildman–Crippen LogP) is 14.3. The van der Waals surface area contributed by atoms with Crippen LogP contribution in [0.4, 0.5) is 0 Å². The van der Waals surface area contributed by atoms with Crippen LogP contribution in [0.2, 0.25) is 0 Å². The fraction of sp³-hybridized carbons (Fsp3) is 0.474. The van der Waals surface area contributed by atoms with Crippen molar-refractivity contribution in [3.8, 4) is 0 Å². The minimum absolute atomic E-state index is 0.0574. The molecule has 9 spiro atoms. The van der Waals surface area contributed by atoms with Crippen molar-refractivity contribution in [2.45, 2.75) is 226 Å². The third-order valence-electron chi connectivity index (χ3n) is 34.6. The number of hydrogen-bond donors (Lipinski definition) is 12. The number of piperidine rings is 9. The number of nitrogens with one attached hydrogen (secondary N) is 10. The van der Waals surface area contributed by atoms with E-state index < -0.39 is 16.2 Å². The number of aliphatic hydroxyl groups is 2. The average Bonchev–Trinajstić information content (AvgIpc) is 1.60. The van der Waals surface area contributed by atoms with Crippen LogP contribution in [0, 0.1) is 0 Å². The van der Waals surface area contributed by atoms with Crippen molar-refractivity contribution in [3.05, 3.63) is 319 Å². The SMILES string of the molecule is C1=CC2(CCNCC2)c2ccccc21.O=C1C(=O)C2(CCNCC2)c2ccccc21.O=C1CC2(CCNCC2)c2ccccc21.O=C1Cc2ccccc2C12CCNCC2.O=C1Cc2ccccc2C2(CCNCC2)N1.O=S1CC2(CCNCC2)c2ccccc21.OC1CC2(CCNCC2)c2ccccc21.OC1Cc2ccccc2C12CCNCC2.c1ccc2c(c1)CCC21CCNCC1. The quantitative estimate of drug-likeness (QED) is 0.0630. The molecule has 135 heavy (non-hydrogen) atoms. The molecule has 18 aliphatic rings. The first-order valence-corrected chi connectivity index (χ1v) is 52.4. The van der Waals surface area contributed by atoms with E-state index in [0.717, 1.165) is 223 Å². The second-order valence-electron chi connectivity index (χ2n) is 41.7. The summed E-state index contributed by atoms with van der Waals surface area (Å²) >= 11 is 0. The zero-order valence-electron chi connectivity index (χ0n) is 79.0. The van der Waals surface area contributed by atoms with Gasteiger partial charge in [0.25, 0.3) is 0 Å². The fourth-order valence-corrected chi connectivity index (χ4v) is 29.0. The Bertz CT molecular complexity index is 5700. The van der Waals surface area contributed by atoms with Crippen LogP contribution in [0.25, 0.3) is 6.08 Å². The lowest BCUT2D eigenvalue weighted by Gasteiger charge is -2.42. The Labute approximate surface area is 801 Å². The molecule has 9 saturated heterocycles. The molecule has 0 saturated carbocycles. The van der Waals surface area contributed by atoms with Gasteiger partial charge >= 0.3 is 0 Å². The maximum absolute atomic E-state index is 12.2. The summed E-state index contributed by atoms with van der Waals surface area (Å²) in [5, 5.41) is 53.9. The molecular formula is C116H140N10O8S. The van der Waals surface area contributed by atoms with Gasteiger partial charge in [0, 0.05) is 61.7 Å². The summed E-state index contributed by atoms with van der Waals surface area (Å²) < 4.78 is 12.0. The molecule has 0 bridgehead atoms. The van der Waals surface area contributed by atoms with Gasteiger partial charge in [-0.25, -0.2) is 0 Å². The molecule has 9 fully saturated rings. The van der Waals surface area contributed by atoms with E-state index in [9.17, 15) is 38.4 Å². The van der Waals surface area contributed by atoms with Gasteiger partial charge in [0.2, 0.25) is 17.5 Å². The van der Waals surface area contributed by atoms with Crippen molar-refractivity contribution in [2.75, 3.05) is 124 Å². The minimum Gasteiger partial charge on any atom is -0.392 e. The Morgan fingerprint density at radius 1 is 0.333 bits per heavy atom. The number of fused-ring (bicyclic) bond motifs is 18. The van der Waals surface area contributed by atoms with Crippen molar-refractivity contribution in [1.29, 1.82) is 0 Å². The number of allylic oxidation sites excluding steroid dienone is 1. The van der Waals surface area contributed by atoms with Crippen LogP contribution in [0.3, 0.4) is 0 Å². The Balaban J connectivity index is 0.0000000976. The number of carbonyl (C=O) groups is 5.